The third-order valence-electron chi connectivity index (χ3n) is 14.5. The van der Waals surface area contributed by atoms with Crippen LogP contribution in [-0.4, -0.2) is 28.3 Å². The van der Waals surface area contributed by atoms with Gasteiger partial charge in [-0.05, 0) is 103 Å². The monoisotopic (exact) mass is 650 g/mol. The van der Waals surface area contributed by atoms with E-state index in [0.29, 0.717) is 34.9 Å². The number of carbonyl (C=O) groups excluding carboxylic acids is 4. The molecule has 0 radical (unpaired) electrons. The van der Waals surface area contributed by atoms with Gasteiger partial charge in [0, 0.05) is 23.5 Å². The van der Waals surface area contributed by atoms with E-state index in [1.807, 2.05) is 32.9 Å². The zero-order valence-corrected chi connectivity index (χ0v) is 30.4. The average molecular weight is 651 g/mol. The molecule has 7 atom stereocenters. The van der Waals surface area contributed by atoms with E-state index in [1.54, 1.807) is 24.3 Å². The Morgan fingerprint density at radius 1 is 0.958 bits per heavy atom. The number of hydrogen-bond acceptors (Lipinski definition) is 5. The van der Waals surface area contributed by atoms with Gasteiger partial charge in [0.15, 0.2) is 5.78 Å². The normalized spacial score (nSPS) is 36.4. The van der Waals surface area contributed by atoms with Crippen molar-refractivity contribution >= 4 is 23.4 Å². The lowest BCUT2D eigenvalue weighted by atomic mass is 9.35. The third-order valence-corrected chi connectivity index (χ3v) is 14.5. The summed E-state index contributed by atoms with van der Waals surface area (Å²) in [5.41, 5.74) is 0.773. The number of benzene rings is 1. The van der Waals surface area contributed by atoms with Crippen molar-refractivity contribution in [3.8, 4) is 6.07 Å². The molecule has 3 saturated carbocycles. The number of amides is 2. The van der Waals surface area contributed by atoms with Crippen molar-refractivity contribution in [1.82, 2.24) is 4.90 Å². The first-order valence-corrected chi connectivity index (χ1v) is 18.3. The molecular weight excluding hydrogens is 596 g/mol. The molecule has 0 saturated heterocycles. The molecule has 6 nitrogen and oxygen atoms in total. The number of ketones is 2. The summed E-state index contributed by atoms with van der Waals surface area (Å²) in [7, 11) is 0. The number of fused-ring (bicyclic) bond motifs is 6. The Hall–Kier alpha value is -3.33. The van der Waals surface area contributed by atoms with Gasteiger partial charge in [0.05, 0.1) is 16.7 Å². The van der Waals surface area contributed by atoms with Gasteiger partial charge in [-0.3, -0.25) is 19.2 Å². The van der Waals surface area contributed by atoms with E-state index in [9.17, 15) is 24.4 Å². The summed E-state index contributed by atoms with van der Waals surface area (Å²) in [4.78, 5) is 54.9. The zero-order chi connectivity index (χ0) is 35.0. The summed E-state index contributed by atoms with van der Waals surface area (Å²) in [5, 5.41) is 9.96. The van der Waals surface area contributed by atoms with E-state index in [1.165, 1.54) is 4.90 Å². The summed E-state index contributed by atoms with van der Waals surface area (Å²) < 4.78 is 0. The minimum Gasteiger partial charge on any atom is -0.299 e. The molecule has 1 aliphatic heterocycles. The molecule has 6 heteroatoms. The summed E-state index contributed by atoms with van der Waals surface area (Å²) >= 11 is 0. The highest BCUT2D eigenvalue weighted by atomic mass is 16.2. The first-order chi connectivity index (χ1) is 22.4. The van der Waals surface area contributed by atoms with Crippen LogP contribution in [0.1, 0.15) is 140 Å². The van der Waals surface area contributed by atoms with Gasteiger partial charge in [-0.15, -0.1) is 0 Å². The largest absolute Gasteiger partial charge is 0.299 e. The van der Waals surface area contributed by atoms with E-state index in [4.69, 9.17) is 0 Å². The highest BCUT2D eigenvalue weighted by Gasteiger charge is 2.68. The van der Waals surface area contributed by atoms with Crippen LogP contribution in [0, 0.1) is 62.1 Å². The van der Waals surface area contributed by atoms with Crippen LogP contribution in [0.4, 0.5) is 0 Å². The van der Waals surface area contributed by atoms with Gasteiger partial charge in [0.2, 0.25) is 0 Å². The second kappa shape index (κ2) is 11.6. The number of imide groups is 1. The first-order valence-electron chi connectivity index (χ1n) is 18.3. The first kappa shape index (κ1) is 34.5. The highest BCUT2D eigenvalue weighted by molar-refractivity contribution is 6.22. The van der Waals surface area contributed by atoms with Gasteiger partial charge in [-0.1, -0.05) is 85.6 Å². The molecule has 0 bridgehead atoms. The Morgan fingerprint density at radius 3 is 2.23 bits per heavy atom. The molecule has 0 N–H and O–H groups in total. The van der Waals surface area contributed by atoms with E-state index in [-0.39, 0.29) is 62.6 Å². The maximum Gasteiger partial charge on any atom is 0.265 e. The van der Waals surface area contributed by atoms with Gasteiger partial charge >= 0.3 is 0 Å². The molecule has 1 heterocycles. The standard InChI is InChI=1S/C42H54N2O4/c1-26(44-36(47)29-15-9-10-16-30(29)37(44)48)13-11-18-38(2,3)23-27-14-12-19-41(7)31(21-27)32(45)22-34-40(6)24-28(25-43)35(46)39(4,5)33(40)17-20-42(34,41)8/h9-10,13,15-16,24,27,31,33-34H,11-12,14,17-23H2,1-8H3/b26-13-/t27?,31?,33-,34+,40-,41+,42+/m0/s1. The predicted octanol–water partition coefficient (Wildman–Crippen LogP) is 9.27. The molecule has 48 heavy (non-hydrogen) atoms. The number of rotatable bonds is 6. The van der Waals surface area contributed by atoms with Crippen molar-refractivity contribution < 1.29 is 19.2 Å². The van der Waals surface area contributed by atoms with Crippen molar-refractivity contribution in [2.45, 2.75) is 120 Å². The molecular formula is C42H54N2O4. The van der Waals surface area contributed by atoms with Gasteiger partial charge in [0.25, 0.3) is 11.8 Å². The van der Waals surface area contributed by atoms with E-state index in [2.05, 4.69) is 40.7 Å². The fourth-order valence-corrected chi connectivity index (χ4v) is 11.8. The fraction of sp³-hybridized carbons (Fsp3) is 0.643. The number of hydrogen-bond donors (Lipinski definition) is 0. The maximum absolute atomic E-state index is 14.4. The predicted molar refractivity (Wildman–Crippen MR) is 186 cm³/mol. The number of nitrogens with zero attached hydrogens (tertiary/aromatic N) is 2. The Balaban J connectivity index is 1.16. The van der Waals surface area contributed by atoms with Crippen molar-refractivity contribution in [2.75, 3.05) is 0 Å². The van der Waals surface area contributed by atoms with Crippen LogP contribution in [0.5, 0.6) is 0 Å². The molecule has 2 unspecified atom stereocenters. The quantitative estimate of drug-likeness (QED) is 0.286. The van der Waals surface area contributed by atoms with Crippen LogP contribution in [0.25, 0.3) is 0 Å². The number of allylic oxidation sites excluding steroid dienone is 4. The van der Waals surface area contributed by atoms with Crippen LogP contribution >= 0.6 is 0 Å². The number of carbonyl (C=O) groups is 4. The highest BCUT2D eigenvalue weighted by Crippen LogP contribution is 2.72. The summed E-state index contributed by atoms with van der Waals surface area (Å²) in [5.74, 6) is 0.555. The number of Topliss-reactive ketones (excluding diaryl/α,β-unsaturated/α-hetero) is 2. The van der Waals surface area contributed by atoms with Crippen molar-refractivity contribution in [3.05, 3.63) is 58.8 Å². The molecule has 0 spiro atoms. The summed E-state index contributed by atoms with van der Waals surface area (Å²) in [6.45, 7) is 17.6. The van der Waals surface area contributed by atoms with Crippen LogP contribution in [0.3, 0.4) is 0 Å². The van der Waals surface area contributed by atoms with Gasteiger partial charge in [0.1, 0.15) is 11.9 Å². The van der Waals surface area contributed by atoms with E-state index in [0.717, 1.165) is 57.8 Å². The lowest BCUT2D eigenvalue weighted by Gasteiger charge is -2.68. The Kier molecular flexibility index (Phi) is 8.37. The molecule has 3 fully saturated rings. The zero-order valence-electron chi connectivity index (χ0n) is 30.4. The van der Waals surface area contributed by atoms with E-state index >= 15 is 0 Å². The van der Waals surface area contributed by atoms with Crippen LogP contribution < -0.4 is 0 Å². The molecule has 1 aromatic rings. The lowest BCUT2D eigenvalue weighted by Crippen LogP contribution is -2.64. The second-order valence-electron chi connectivity index (χ2n) is 18.0. The van der Waals surface area contributed by atoms with Crippen LogP contribution in [0.15, 0.2) is 47.7 Å². The molecule has 256 valence electrons. The fourth-order valence-electron chi connectivity index (χ4n) is 11.8. The van der Waals surface area contributed by atoms with Crippen molar-refractivity contribution in [1.29, 1.82) is 5.26 Å². The van der Waals surface area contributed by atoms with Crippen LogP contribution in [0.2, 0.25) is 0 Å². The molecule has 2 amide bonds. The molecule has 0 aromatic heterocycles. The SMILES string of the molecule is C/C(=C/CCC(C)(C)CC1CCC[C@]2(C)C(C1)C(=O)C[C@@H]1[C@@]3(C)C=C(C#N)C(=O)C(C)(C)[C@@H]3CC[C@]12C)N1C(=O)c2ccccc2C1=O. The van der Waals surface area contributed by atoms with Crippen molar-refractivity contribution in [3.63, 3.8) is 0 Å². The van der Waals surface area contributed by atoms with Crippen LogP contribution in [-0.2, 0) is 9.59 Å². The second-order valence-corrected chi connectivity index (χ2v) is 18.0. The summed E-state index contributed by atoms with van der Waals surface area (Å²) in [6, 6.07) is 9.23. The molecule has 6 rings (SSSR count). The smallest absolute Gasteiger partial charge is 0.265 e. The average Bonchev–Trinajstić information content (AvgIpc) is 3.14. The lowest BCUT2D eigenvalue weighted by molar-refractivity contribution is -0.188. The molecule has 1 aromatic carbocycles. The van der Waals surface area contributed by atoms with Gasteiger partial charge in [-0.25, -0.2) is 4.90 Å². The molecule has 5 aliphatic rings. The maximum atomic E-state index is 14.4. The Morgan fingerprint density at radius 2 is 1.60 bits per heavy atom. The van der Waals surface area contributed by atoms with Gasteiger partial charge in [-0.2, -0.15) is 5.26 Å². The van der Waals surface area contributed by atoms with Crippen molar-refractivity contribution in [2.24, 2.45) is 50.7 Å². The Labute approximate surface area is 287 Å². The number of nitriles is 1. The minimum absolute atomic E-state index is 0.0239. The Bertz CT molecular complexity index is 1640. The summed E-state index contributed by atoms with van der Waals surface area (Å²) in [6.07, 6.45) is 13.4. The minimum atomic E-state index is -0.616. The molecule has 4 aliphatic carbocycles. The van der Waals surface area contributed by atoms with E-state index < -0.39 is 5.41 Å². The van der Waals surface area contributed by atoms with Gasteiger partial charge < -0.3 is 0 Å². The topological polar surface area (TPSA) is 95.3 Å². The third kappa shape index (κ3) is 5.09.